The van der Waals surface area contributed by atoms with Gasteiger partial charge in [-0.15, -0.1) is 0 Å². The third-order valence-electron chi connectivity index (χ3n) is 4.02. The van der Waals surface area contributed by atoms with Crippen LogP contribution in [0, 0.1) is 17.0 Å². The normalized spacial score (nSPS) is 11.2. The van der Waals surface area contributed by atoms with Gasteiger partial charge in [0.15, 0.2) is 12.4 Å². The molecular formula is C20H21N3O8S. The number of carbonyl (C=O) groups is 2. The molecule has 0 aliphatic heterocycles. The first-order valence-corrected chi connectivity index (χ1v) is 10.7. The molecule has 2 aromatic carbocycles. The predicted octanol–water partition coefficient (Wildman–Crippen LogP) is 1.98. The highest BCUT2D eigenvalue weighted by atomic mass is 32.2. The molecule has 11 nitrogen and oxygen atoms in total. The summed E-state index contributed by atoms with van der Waals surface area (Å²) >= 11 is 0. The molecular weight excluding hydrogens is 442 g/mol. The number of hydrogen-bond donors (Lipinski definition) is 2. The maximum absolute atomic E-state index is 12.0. The minimum Gasteiger partial charge on any atom is -0.490 e. The van der Waals surface area contributed by atoms with Gasteiger partial charge in [-0.3, -0.25) is 19.7 Å². The molecule has 170 valence electrons. The Labute approximate surface area is 184 Å². The number of nitrogens with one attached hydrogen (secondary N) is 2. The summed E-state index contributed by atoms with van der Waals surface area (Å²) in [6.45, 7) is 0.199. The van der Waals surface area contributed by atoms with Crippen molar-refractivity contribution in [2.45, 2.75) is 6.92 Å². The summed E-state index contributed by atoms with van der Waals surface area (Å²) in [6, 6.07) is 11.2. The minimum atomic E-state index is -3.89. The average molecular weight is 463 g/mol. The average Bonchev–Trinajstić information content (AvgIpc) is 2.76. The zero-order valence-electron chi connectivity index (χ0n) is 17.2. The molecule has 0 aliphatic rings. The molecule has 0 unspecified atom stereocenters. The standard InChI is InChI=1S/C20H21N3O8S/c1-14-10-17(23(26)27)18(30-2)11-16(14)22-19(24)13-31-20(25)12-21-32(28,29)9-8-15-6-4-3-5-7-15/h3-11,21H,12-13H2,1-2H3,(H,22,24)/b9-8+. The molecule has 0 radical (unpaired) electrons. The van der Waals surface area contributed by atoms with Gasteiger partial charge in [0.1, 0.15) is 6.54 Å². The zero-order chi connectivity index (χ0) is 23.7. The molecule has 0 fully saturated rings. The summed E-state index contributed by atoms with van der Waals surface area (Å²) in [6.07, 6.45) is 1.36. The van der Waals surface area contributed by atoms with Crippen molar-refractivity contribution < 1.29 is 32.4 Å². The second-order valence-corrected chi connectivity index (χ2v) is 8.04. The van der Waals surface area contributed by atoms with Gasteiger partial charge in [0, 0.05) is 23.2 Å². The van der Waals surface area contributed by atoms with Crippen molar-refractivity contribution >= 4 is 39.4 Å². The number of anilines is 1. The number of nitro groups is 1. The second kappa shape index (κ2) is 11.0. The number of methoxy groups -OCH3 is 1. The van der Waals surface area contributed by atoms with E-state index >= 15 is 0 Å². The van der Waals surface area contributed by atoms with E-state index in [0.717, 1.165) is 5.41 Å². The van der Waals surface area contributed by atoms with E-state index in [2.05, 4.69) is 5.32 Å². The molecule has 0 atom stereocenters. The largest absolute Gasteiger partial charge is 0.490 e. The molecule has 12 heteroatoms. The summed E-state index contributed by atoms with van der Waals surface area (Å²) in [5.41, 5.74) is 1.04. The molecule has 2 rings (SSSR count). The minimum absolute atomic E-state index is 0.0501. The maximum Gasteiger partial charge on any atom is 0.321 e. The lowest BCUT2D eigenvalue weighted by Gasteiger charge is -2.11. The number of esters is 1. The molecule has 0 bridgehead atoms. The van der Waals surface area contributed by atoms with Gasteiger partial charge in [-0.2, -0.15) is 0 Å². The van der Waals surface area contributed by atoms with Gasteiger partial charge in [-0.1, -0.05) is 30.3 Å². The number of amides is 1. The van der Waals surface area contributed by atoms with E-state index in [-0.39, 0.29) is 17.1 Å². The van der Waals surface area contributed by atoms with E-state index in [4.69, 9.17) is 9.47 Å². The molecule has 0 saturated heterocycles. The Balaban J connectivity index is 1.86. The van der Waals surface area contributed by atoms with Crippen LogP contribution in [0.15, 0.2) is 47.9 Å². The maximum atomic E-state index is 12.0. The van der Waals surface area contributed by atoms with Crippen molar-refractivity contribution in [3.8, 4) is 5.75 Å². The molecule has 1 amide bonds. The third kappa shape index (κ3) is 7.49. The monoisotopic (exact) mass is 463 g/mol. The Bertz CT molecular complexity index is 1130. The van der Waals surface area contributed by atoms with Crippen molar-refractivity contribution in [2.24, 2.45) is 0 Å². The number of benzene rings is 2. The van der Waals surface area contributed by atoms with Crippen molar-refractivity contribution in [1.29, 1.82) is 0 Å². The molecule has 2 N–H and O–H groups in total. The summed E-state index contributed by atoms with van der Waals surface area (Å²) in [5, 5.41) is 14.4. The second-order valence-electron chi connectivity index (χ2n) is 6.38. The third-order valence-corrected chi connectivity index (χ3v) is 5.06. The Kier molecular flexibility index (Phi) is 8.44. The smallest absolute Gasteiger partial charge is 0.321 e. The Hall–Kier alpha value is -3.77. The van der Waals surface area contributed by atoms with Gasteiger partial charge in [-0.05, 0) is 24.1 Å². The molecule has 0 aromatic heterocycles. The van der Waals surface area contributed by atoms with Crippen LogP contribution in [-0.2, 0) is 24.3 Å². The molecule has 0 aliphatic carbocycles. The van der Waals surface area contributed by atoms with Crippen LogP contribution in [0.1, 0.15) is 11.1 Å². The Morgan fingerprint density at radius 3 is 2.50 bits per heavy atom. The summed E-state index contributed by atoms with van der Waals surface area (Å²) in [7, 11) is -2.64. The van der Waals surface area contributed by atoms with E-state index in [0.29, 0.717) is 11.1 Å². The number of ether oxygens (including phenoxy) is 2. The SMILES string of the molecule is COc1cc(NC(=O)COC(=O)CNS(=O)(=O)/C=C/c2ccccc2)c(C)cc1[N+](=O)[O-]. The fourth-order valence-corrected chi connectivity index (χ4v) is 3.19. The molecule has 32 heavy (non-hydrogen) atoms. The highest BCUT2D eigenvalue weighted by Gasteiger charge is 2.19. The first-order valence-electron chi connectivity index (χ1n) is 9.12. The number of nitrogens with zero attached hydrogens (tertiary/aromatic N) is 1. The van der Waals surface area contributed by atoms with Crippen molar-refractivity contribution in [1.82, 2.24) is 4.72 Å². The van der Waals surface area contributed by atoms with Gasteiger partial charge in [0.05, 0.1) is 12.0 Å². The molecule has 2 aromatic rings. The van der Waals surface area contributed by atoms with Crippen LogP contribution in [0.3, 0.4) is 0 Å². The molecule has 0 saturated carbocycles. The first kappa shape index (κ1) is 24.5. The topological polar surface area (TPSA) is 154 Å². The van der Waals surface area contributed by atoms with Gasteiger partial charge in [0.25, 0.3) is 5.91 Å². The lowest BCUT2D eigenvalue weighted by Crippen LogP contribution is -2.31. The fraction of sp³-hybridized carbons (Fsp3) is 0.200. The van der Waals surface area contributed by atoms with Crippen LogP contribution in [0.4, 0.5) is 11.4 Å². The predicted molar refractivity (Wildman–Crippen MR) is 116 cm³/mol. The van der Waals surface area contributed by atoms with Crippen molar-refractivity contribution in [3.63, 3.8) is 0 Å². The van der Waals surface area contributed by atoms with E-state index < -0.39 is 40.0 Å². The first-order chi connectivity index (χ1) is 15.1. The number of hydrogen-bond acceptors (Lipinski definition) is 8. The lowest BCUT2D eigenvalue weighted by atomic mass is 10.1. The zero-order valence-corrected chi connectivity index (χ0v) is 18.0. The highest BCUT2D eigenvalue weighted by Crippen LogP contribution is 2.32. The summed E-state index contributed by atoms with van der Waals surface area (Å²) < 4.78 is 35.6. The number of nitro benzene ring substituents is 1. The van der Waals surface area contributed by atoms with Gasteiger partial charge in [-0.25, -0.2) is 13.1 Å². The van der Waals surface area contributed by atoms with Gasteiger partial charge < -0.3 is 14.8 Å². The van der Waals surface area contributed by atoms with Crippen molar-refractivity contribution in [3.05, 3.63) is 69.1 Å². The van der Waals surface area contributed by atoms with Crippen LogP contribution < -0.4 is 14.8 Å². The van der Waals surface area contributed by atoms with E-state index in [1.807, 2.05) is 4.72 Å². The van der Waals surface area contributed by atoms with Crippen LogP contribution in [0.5, 0.6) is 5.75 Å². The van der Waals surface area contributed by atoms with Gasteiger partial charge in [0.2, 0.25) is 10.0 Å². The number of carbonyl (C=O) groups excluding carboxylic acids is 2. The van der Waals surface area contributed by atoms with Crippen LogP contribution in [0.2, 0.25) is 0 Å². The van der Waals surface area contributed by atoms with Gasteiger partial charge >= 0.3 is 11.7 Å². The highest BCUT2D eigenvalue weighted by molar-refractivity contribution is 7.92. The van der Waals surface area contributed by atoms with Crippen LogP contribution in [-0.4, -0.2) is 45.5 Å². The Morgan fingerprint density at radius 1 is 1.19 bits per heavy atom. The number of sulfonamides is 1. The van der Waals surface area contributed by atoms with Crippen LogP contribution >= 0.6 is 0 Å². The summed E-state index contributed by atoms with van der Waals surface area (Å²) in [5.74, 6) is -1.73. The molecule has 0 heterocycles. The lowest BCUT2D eigenvalue weighted by molar-refractivity contribution is -0.385. The van der Waals surface area contributed by atoms with Crippen LogP contribution in [0.25, 0.3) is 6.08 Å². The number of aryl methyl sites for hydroxylation is 1. The van der Waals surface area contributed by atoms with E-state index in [1.54, 1.807) is 37.3 Å². The number of rotatable bonds is 10. The summed E-state index contributed by atoms with van der Waals surface area (Å²) in [4.78, 5) is 34.2. The fourth-order valence-electron chi connectivity index (χ4n) is 2.44. The Morgan fingerprint density at radius 2 is 1.88 bits per heavy atom. The van der Waals surface area contributed by atoms with Crippen molar-refractivity contribution in [2.75, 3.05) is 25.6 Å². The quantitative estimate of drug-likeness (QED) is 0.308. The van der Waals surface area contributed by atoms with E-state index in [9.17, 15) is 28.1 Å². The molecule has 0 spiro atoms. The van der Waals surface area contributed by atoms with E-state index in [1.165, 1.54) is 25.3 Å².